The second kappa shape index (κ2) is 9.43. The average molecular weight is 466 g/mol. The molecule has 7 nitrogen and oxygen atoms in total. The number of hydrogen-bond acceptors (Lipinski definition) is 6. The highest BCUT2D eigenvalue weighted by Gasteiger charge is 2.52. The van der Waals surface area contributed by atoms with E-state index >= 15 is 0 Å². The summed E-state index contributed by atoms with van der Waals surface area (Å²) in [5.74, 6) is -2.29. The molecule has 2 aromatic carbocycles. The van der Waals surface area contributed by atoms with Gasteiger partial charge in [-0.1, -0.05) is 48.5 Å². The Morgan fingerprint density at radius 3 is 1.97 bits per heavy atom. The topological polar surface area (TPSA) is 83.1 Å². The van der Waals surface area contributed by atoms with Crippen LogP contribution < -0.4 is 5.32 Å². The summed E-state index contributed by atoms with van der Waals surface area (Å²) in [4.78, 5) is 26.7. The molecule has 1 amide bonds. The fourth-order valence-corrected chi connectivity index (χ4v) is 4.32. The standard InChI is InChI=1S/C27H31NO6/c1-17(28-25(30)19-14-10-7-11-15-19)21(22(29)18-12-8-6-9-13-18)24-23(33-27(4,5)34-24)20-16-31-26(2,3)32-20/h6-15,20,23-24H,16H2,1-5H3,(H,28,30)/t20-,23-,24+/m1/s1. The monoisotopic (exact) mass is 465 g/mol. The number of ketones is 1. The van der Waals surface area contributed by atoms with Crippen LogP contribution in [0.3, 0.4) is 0 Å². The van der Waals surface area contributed by atoms with Gasteiger partial charge in [0.2, 0.25) is 0 Å². The molecule has 0 unspecified atom stereocenters. The van der Waals surface area contributed by atoms with E-state index in [4.69, 9.17) is 18.9 Å². The smallest absolute Gasteiger partial charge is 0.255 e. The van der Waals surface area contributed by atoms with Crippen LogP contribution in [0.15, 0.2) is 71.9 Å². The Kier molecular flexibility index (Phi) is 6.73. The van der Waals surface area contributed by atoms with Gasteiger partial charge in [0.05, 0.1) is 12.2 Å². The predicted molar refractivity (Wildman–Crippen MR) is 126 cm³/mol. The van der Waals surface area contributed by atoms with Crippen molar-refractivity contribution in [1.29, 1.82) is 0 Å². The van der Waals surface area contributed by atoms with Gasteiger partial charge in [0.1, 0.15) is 18.3 Å². The molecule has 2 heterocycles. The van der Waals surface area contributed by atoms with Gasteiger partial charge in [-0.05, 0) is 46.8 Å². The molecular formula is C27H31NO6. The van der Waals surface area contributed by atoms with Crippen LogP contribution in [-0.2, 0) is 18.9 Å². The van der Waals surface area contributed by atoms with Crippen LogP contribution in [-0.4, -0.2) is 48.2 Å². The lowest BCUT2D eigenvalue weighted by Gasteiger charge is -2.26. The minimum atomic E-state index is -0.961. The fraction of sp³-hybridized carbons (Fsp3) is 0.407. The Hall–Kier alpha value is -2.84. The number of hydrogen-bond donors (Lipinski definition) is 1. The van der Waals surface area contributed by atoms with E-state index in [9.17, 15) is 9.59 Å². The summed E-state index contributed by atoms with van der Waals surface area (Å²) in [5.41, 5.74) is 1.70. The van der Waals surface area contributed by atoms with E-state index in [1.54, 1.807) is 69.3 Å². The van der Waals surface area contributed by atoms with Crippen LogP contribution in [0.1, 0.15) is 55.3 Å². The van der Waals surface area contributed by atoms with E-state index in [2.05, 4.69) is 5.32 Å². The van der Waals surface area contributed by atoms with Gasteiger partial charge in [-0.25, -0.2) is 0 Å². The third kappa shape index (κ3) is 5.28. The number of nitrogens with one attached hydrogen (secondary N) is 1. The van der Waals surface area contributed by atoms with Crippen LogP contribution in [0.25, 0.3) is 0 Å². The first-order valence-corrected chi connectivity index (χ1v) is 11.4. The summed E-state index contributed by atoms with van der Waals surface area (Å²) in [5, 5.41) is 2.89. The predicted octanol–water partition coefficient (Wildman–Crippen LogP) is 4.24. The van der Waals surface area contributed by atoms with Crippen molar-refractivity contribution in [3.8, 4) is 0 Å². The molecule has 2 saturated heterocycles. The van der Waals surface area contributed by atoms with Crippen LogP contribution in [0.5, 0.6) is 0 Å². The Labute approximate surface area is 200 Å². The van der Waals surface area contributed by atoms with Crippen molar-refractivity contribution in [3.63, 3.8) is 0 Å². The first-order chi connectivity index (χ1) is 16.1. The molecule has 180 valence electrons. The van der Waals surface area contributed by atoms with Gasteiger partial charge < -0.3 is 24.3 Å². The van der Waals surface area contributed by atoms with E-state index < -0.39 is 29.9 Å². The molecule has 2 fully saturated rings. The molecule has 0 aromatic heterocycles. The Bertz CT molecular complexity index is 1080. The van der Waals surface area contributed by atoms with Gasteiger partial charge in [0, 0.05) is 16.8 Å². The third-order valence-corrected chi connectivity index (χ3v) is 5.83. The van der Waals surface area contributed by atoms with Gasteiger partial charge in [0.25, 0.3) is 5.91 Å². The highest BCUT2D eigenvalue weighted by atomic mass is 16.8. The molecule has 2 aliphatic rings. The number of carbonyl (C=O) groups excluding carboxylic acids is 2. The number of benzene rings is 2. The second-order valence-electron chi connectivity index (χ2n) is 9.44. The normalized spacial score (nSPS) is 26.1. The molecule has 34 heavy (non-hydrogen) atoms. The van der Waals surface area contributed by atoms with Gasteiger partial charge in [-0.3, -0.25) is 9.59 Å². The van der Waals surface area contributed by atoms with Crippen molar-refractivity contribution < 1.29 is 28.5 Å². The van der Waals surface area contributed by atoms with Gasteiger partial charge in [-0.2, -0.15) is 0 Å². The molecule has 0 spiro atoms. The maximum Gasteiger partial charge on any atom is 0.255 e. The first kappa shape index (κ1) is 24.3. The number of amides is 1. The van der Waals surface area contributed by atoms with Crippen molar-refractivity contribution >= 4 is 11.7 Å². The third-order valence-electron chi connectivity index (χ3n) is 5.83. The fourth-order valence-electron chi connectivity index (χ4n) is 4.32. The van der Waals surface area contributed by atoms with Crippen molar-refractivity contribution in [1.82, 2.24) is 5.32 Å². The molecule has 4 rings (SSSR count). The molecule has 7 heteroatoms. The molecule has 0 aliphatic carbocycles. The van der Waals surface area contributed by atoms with Crippen LogP contribution in [0.4, 0.5) is 0 Å². The zero-order valence-corrected chi connectivity index (χ0v) is 20.2. The largest absolute Gasteiger partial charge is 0.348 e. The molecule has 2 aliphatic heterocycles. The van der Waals surface area contributed by atoms with Gasteiger partial charge in [0.15, 0.2) is 17.4 Å². The minimum absolute atomic E-state index is 0.249. The average Bonchev–Trinajstić information content (AvgIpc) is 3.32. The van der Waals surface area contributed by atoms with Crippen molar-refractivity contribution in [2.45, 2.75) is 64.5 Å². The van der Waals surface area contributed by atoms with Crippen molar-refractivity contribution in [3.05, 3.63) is 83.1 Å². The Morgan fingerprint density at radius 1 is 0.824 bits per heavy atom. The summed E-state index contributed by atoms with van der Waals surface area (Å²) in [6.45, 7) is 9.27. The Balaban J connectivity index is 1.74. The zero-order valence-electron chi connectivity index (χ0n) is 20.2. The lowest BCUT2D eigenvalue weighted by Crippen LogP contribution is -2.41. The molecule has 0 saturated carbocycles. The zero-order chi connectivity index (χ0) is 24.5. The SMILES string of the molecule is CC(NC(=O)c1ccccc1)=C(C(=O)c1ccccc1)[C@@H]1OC(C)(C)O[C@@H]1[C@H]1COC(C)(C)O1. The molecular weight excluding hydrogens is 434 g/mol. The number of rotatable bonds is 6. The lowest BCUT2D eigenvalue weighted by atomic mass is 9.92. The molecule has 0 radical (unpaired) electrons. The number of carbonyl (C=O) groups is 2. The van der Waals surface area contributed by atoms with E-state index in [-0.39, 0.29) is 11.7 Å². The summed E-state index contributed by atoms with van der Waals surface area (Å²) >= 11 is 0. The summed E-state index contributed by atoms with van der Waals surface area (Å²) < 4.78 is 24.3. The van der Waals surface area contributed by atoms with E-state index in [1.807, 2.05) is 26.0 Å². The molecule has 2 aromatic rings. The maximum atomic E-state index is 13.8. The van der Waals surface area contributed by atoms with Crippen LogP contribution >= 0.6 is 0 Å². The van der Waals surface area contributed by atoms with Gasteiger partial charge >= 0.3 is 0 Å². The number of ether oxygens (including phenoxy) is 4. The maximum absolute atomic E-state index is 13.8. The Morgan fingerprint density at radius 2 is 1.41 bits per heavy atom. The molecule has 1 N–H and O–H groups in total. The van der Waals surface area contributed by atoms with E-state index in [1.165, 1.54) is 0 Å². The summed E-state index contributed by atoms with van der Waals surface area (Å²) in [7, 11) is 0. The highest BCUT2D eigenvalue weighted by molar-refractivity contribution is 6.10. The number of Topliss-reactive ketones (excluding diaryl/α,β-unsaturated/α-hetero) is 1. The molecule has 0 bridgehead atoms. The summed E-state index contributed by atoms with van der Waals surface area (Å²) in [6.07, 6.45) is -1.83. The first-order valence-electron chi connectivity index (χ1n) is 11.4. The van der Waals surface area contributed by atoms with E-state index in [0.717, 1.165) is 0 Å². The lowest BCUT2D eigenvalue weighted by molar-refractivity contribution is -0.174. The van der Waals surface area contributed by atoms with Crippen LogP contribution in [0, 0.1) is 0 Å². The van der Waals surface area contributed by atoms with Crippen molar-refractivity contribution in [2.75, 3.05) is 6.61 Å². The summed E-state index contributed by atoms with van der Waals surface area (Å²) in [6, 6.07) is 17.8. The second-order valence-corrected chi connectivity index (χ2v) is 9.44. The quantitative estimate of drug-likeness (QED) is 0.507. The highest BCUT2D eigenvalue weighted by Crippen LogP contribution is 2.39. The van der Waals surface area contributed by atoms with Gasteiger partial charge in [-0.15, -0.1) is 0 Å². The van der Waals surface area contributed by atoms with E-state index in [0.29, 0.717) is 29.0 Å². The number of allylic oxidation sites excluding steroid dienone is 1. The molecule has 3 atom stereocenters. The van der Waals surface area contributed by atoms with Crippen molar-refractivity contribution in [2.24, 2.45) is 0 Å². The van der Waals surface area contributed by atoms with Crippen LogP contribution in [0.2, 0.25) is 0 Å². The minimum Gasteiger partial charge on any atom is -0.348 e.